The first kappa shape index (κ1) is 26.0. The van der Waals surface area contributed by atoms with Crippen LogP contribution >= 0.6 is 0 Å². The molecule has 4 bridgehead atoms. The SMILES string of the molecule is CCOCOC(C(F)(F)F)(C(F)(F)F)C12CC3CC(CC(OCCOC(C)CC)(C3)C1)C2. The highest BCUT2D eigenvalue weighted by Gasteiger charge is 2.83. The van der Waals surface area contributed by atoms with E-state index in [2.05, 4.69) is 0 Å². The standard InChI is InChI=1S/C22H34F6O4/c1-4-15(3)30-6-7-31-19-11-16-8-17(12-19)10-18(9-16,13-19)20(21(23,24)25,22(26,27)28)32-14-29-5-2/h15-17H,4-14H2,1-3H3. The van der Waals surface area contributed by atoms with Crippen LogP contribution in [0.4, 0.5) is 26.3 Å². The van der Waals surface area contributed by atoms with Crippen LogP contribution in [0.1, 0.15) is 65.7 Å². The molecule has 0 spiro atoms. The van der Waals surface area contributed by atoms with Gasteiger partial charge >= 0.3 is 12.4 Å². The van der Waals surface area contributed by atoms with E-state index < -0.39 is 35.8 Å². The lowest BCUT2D eigenvalue weighted by Crippen LogP contribution is -2.74. The molecule has 0 radical (unpaired) electrons. The molecule has 0 aromatic carbocycles. The van der Waals surface area contributed by atoms with Crippen molar-refractivity contribution in [1.29, 1.82) is 0 Å². The van der Waals surface area contributed by atoms with E-state index in [0.29, 0.717) is 19.3 Å². The Morgan fingerprint density at radius 1 is 0.906 bits per heavy atom. The Morgan fingerprint density at radius 2 is 1.50 bits per heavy atom. The highest BCUT2D eigenvalue weighted by molar-refractivity contribution is 5.20. The molecule has 188 valence electrons. The summed E-state index contributed by atoms with van der Waals surface area (Å²) < 4.78 is 108. The molecule has 4 saturated carbocycles. The zero-order valence-electron chi connectivity index (χ0n) is 18.9. The zero-order chi connectivity index (χ0) is 23.8. The summed E-state index contributed by atoms with van der Waals surface area (Å²) in [7, 11) is 0. The Bertz CT molecular complexity index is 607. The molecule has 3 atom stereocenters. The van der Waals surface area contributed by atoms with Gasteiger partial charge in [-0.05, 0) is 70.6 Å². The number of alkyl halides is 6. The van der Waals surface area contributed by atoms with Gasteiger partial charge in [0.15, 0.2) is 0 Å². The number of halogens is 6. The first-order valence-corrected chi connectivity index (χ1v) is 11.4. The third kappa shape index (κ3) is 4.53. The number of rotatable bonds is 11. The van der Waals surface area contributed by atoms with Gasteiger partial charge < -0.3 is 18.9 Å². The lowest BCUT2D eigenvalue weighted by atomic mass is 9.43. The predicted molar refractivity (Wildman–Crippen MR) is 104 cm³/mol. The van der Waals surface area contributed by atoms with Gasteiger partial charge in [-0.2, -0.15) is 26.3 Å². The Hall–Kier alpha value is -0.580. The summed E-state index contributed by atoms with van der Waals surface area (Å²) in [5.41, 5.74) is -7.44. The van der Waals surface area contributed by atoms with Gasteiger partial charge in [-0.15, -0.1) is 0 Å². The molecule has 4 aliphatic rings. The van der Waals surface area contributed by atoms with Crippen molar-refractivity contribution in [3.05, 3.63) is 0 Å². The molecule has 0 aromatic rings. The number of ether oxygens (including phenoxy) is 4. The van der Waals surface area contributed by atoms with Crippen LogP contribution in [0.15, 0.2) is 0 Å². The van der Waals surface area contributed by atoms with Gasteiger partial charge in [0.25, 0.3) is 5.60 Å². The highest BCUT2D eigenvalue weighted by Crippen LogP contribution is 2.71. The van der Waals surface area contributed by atoms with Crippen LogP contribution in [0.3, 0.4) is 0 Å². The van der Waals surface area contributed by atoms with Crippen LogP contribution in [0, 0.1) is 17.3 Å². The summed E-state index contributed by atoms with van der Waals surface area (Å²) in [4.78, 5) is 0. The first-order valence-electron chi connectivity index (χ1n) is 11.4. The largest absolute Gasteiger partial charge is 0.427 e. The van der Waals surface area contributed by atoms with Gasteiger partial charge in [0.05, 0.1) is 24.9 Å². The summed E-state index contributed by atoms with van der Waals surface area (Å²) in [5, 5.41) is 0. The van der Waals surface area contributed by atoms with Crippen molar-refractivity contribution in [1.82, 2.24) is 0 Å². The summed E-state index contributed by atoms with van der Waals surface area (Å²) in [5.74, 6) is -0.516. The average Bonchev–Trinajstić information content (AvgIpc) is 2.65. The van der Waals surface area contributed by atoms with Crippen molar-refractivity contribution in [3.8, 4) is 0 Å². The van der Waals surface area contributed by atoms with E-state index in [-0.39, 0.29) is 57.0 Å². The quantitative estimate of drug-likeness (QED) is 0.207. The lowest BCUT2D eigenvalue weighted by Gasteiger charge is -2.66. The normalized spacial score (nSPS) is 33.7. The fourth-order valence-corrected chi connectivity index (χ4v) is 6.68. The molecule has 0 amide bonds. The van der Waals surface area contributed by atoms with Gasteiger partial charge in [-0.3, -0.25) is 0 Å². The average molecular weight is 476 g/mol. The third-order valence-electron chi connectivity index (χ3n) is 7.58. The Balaban J connectivity index is 1.92. The molecule has 3 unspecified atom stereocenters. The van der Waals surface area contributed by atoms with Crippen molar-refractivity contribution in [2.75, 3.05) is 26.6 Å². The summed E-state index contributed by atoms with van der Waals surface area (Å²) in [6.45, 7) is 4.63. The van der Waals surface area contributed by atoms with Crippen molar-refractivity contribution < 1.29 is 45.3 Å². The van der Waals surface area contributed by atoms with Crippen LogP contribution in [0.2, 0.25) is 0 Å². The minimum atomic E-state index is -5.64. The van der Waals surface area contributed by atoms with Crippen LogP contribution in [-0.2, 0) is 18.9 Å². The van der Waals surface area contributed by atoms with Gasteiger partial charge in [0.1, 0.15) is 6.79 Å². The van der Waals surface area contributed by atoms with E-state index in [1.807, 2.05) is 13.8 Å². The molecule has 0 aliphatic heterocycles. The van der Waals surface area contributed by atoms with Crippen LogP contribution in [0.25, 0.3) is 0 Å². The second kappa shape index (κ2) is 9.23. The fraction of sp³-hybridized carbons (Fsp3) is 1.00. The minimum Gasteiger partial charge on any atom is -0.376 e. The highest BCUT2D eigenvalue weighted by atomic mass is 19.4. The van der Waals surface area contributed by atoms with Gasteiger partial charge in [-0.1, -0.05) is 6.92 Å². The van der Waals surface area contributed by atoms with E-state index in [9.17, 15) is 26.3 Å². The summed E-state index contributed by atoms with van der Waals surface area (Å²) in [6.07, 6.45) is -9.57. The molecule has 0 saturated heterocycles. The molecule has 4 aliphatic carbocycles. The van der Waals surface area contributed by atoms with Crippen molar-refractivity contribution in [2.24, 2.45) is 17.3 Å². The third-order valence-corrected chi connectivity index (χ3v) is 7.58. The van der Waals surface area contributed by atoms with Crippen LogP contribution in [-0.4, -0.2) is 56.3 Å². The Labute approximate surface area is 185 Å². The van der Waals surface area contributed by atoms with Crippen molar-refractivity contribution in [2.45, 2.75) is 95.4 Å². The molecular formula is C22H34F6O4. The molecule has 32 heavy (non-hydrogen) atoms. The molecule has 10 heteroatoms. The molecule has 0 N–H and O–H groups in total. The van der Waals surface area contributed by atoms with Gasteiger partial charge in [0, 0.05) is 12.0 Å². The van der Waals surface area contributed by atoms with Crippen LogP contribution in [0.5, 0.6) is 0 Å². The predicted octanol–water partition coefficient (Wildman–Crippen LogP) is 6.03. The maximum atomic E-state index is 14.4. The number of hydrogen-bond acceptors (Lipinski definition) is 4. The van der Waals surface area contributed by atoms with E-state index in [1.54, 1.807) is 0 Å². The van der Waals surface area contributed by atoms with Crippen molar-refractivity contribution in [3.63, 3.8) is 0 Å². The second-order valence-corrected chi connectivity index (χ2v) is 9.79. The van der Waals surface area contributed by atoms with E-state index in [0.717, 1.165) is 6.42 Å². The van der Waals surface area contributed by atoms with Gasteiger partial charge in [0.2, 0.25) is 0 Å². The van der Waals surface area contributed by atoms with Crippen LogP contribution < -0.4 is 0 Å². The second-order valence-electron chi connectivity index (χ2n) is 9.79. The van der Waals surface area contributed by atoms with E-state index >= 15 is 0 Å². The monoisotopic (exact) mass is 476 g/mol. The molecule has 0 aromatic heterocycles. The van der Waals surface area contributed by atoms with Crippen molar-refractivity contribution >= 4 is 0 Å². The molecule has 0 heterocycles. The molecule has 4 fully saturated rings. The van der Waals surface area contributed by atoms with E-state index in [1.165, 1.54) is 6.92 Å². The first-order chi connectivity index (χ1) is 14.8. The zero-order valence-corrected chi connectivity index (χ0v) is 18.9. The molecule has 4 nitrogen and oxygen atoms in total. The smallest absolute Gasteiger partial charge is 0.376 e. The summed E-state index contributed by atoms with van der Waals surface area (Å²) >= 11 is 0. The lowest BCUT2D eigenvalue weighted by molar-refractivity contribution is -0.444. The van der Waals surface area contributed by atoms with E-state index in [4.69, 9.17) is 18.9 Å². The maximum absolute atomic E-state index is 14.4. The molecular weight excluding hydrogens is 442 g/mol. The maximum Gasteiger partial charge on any atom is 0.427 e. The minimum absolute atomic E-state index is 0.0105. The topological polar surface area (TPSA) is 36.9 Å². The fourth-order valence-electron chi connectivity index (χ4n) is 6.68. The Kier molecular flexibility index (Phi) is 7.51. The Morgan fingerprint density at radius 3 is 2.00 bits per heavy atom. The van der Waals surface area contributed by atoms with Gasteiger partial charge in [-0.25, -0.2) is 0 Å². The molecule has 4 rings (SSSR count). The number of hydrogen-bond donors (Lipinski definition) is 0. The summed E-state index contributed by atoms with van der Waals surface area (Å²) in [6, 6.07) is 0.